The van der Waals surface area contributed by atoms with E-state index in [-0.39, 0.29) is 12.0 Å². The summed E-state index contributed by atoms with van der Waals surface area (Å²) in [7, 11) is 2.11. The number of carbonyl (C=O) groups is 1. The van der Waals surface area contributed by atoms with Crippen molar-refractivity contribution >= 4 is 22.4 Å². The summed E-state index contributed by atoms with van der Waals surface area (Å²) in [5, 5.41) is 3.68. The predicted octanol–water partition coefficient (Wildman–Crippen LogP) is 2.03. The molecule has 0 aromatic carbocycles. The third-order valence-corrected chi connectivity index (χ3v) is 4.88. The number of amides is 1. The minimum atomic E-state index is 0.0555. The molecule has 2 aliphatic heterocycles. The Hall–Kier alpha value is -0.980. The number of hydrogen-bond acceptors (Lipinski definition) is 5. The lowest BCUT2D eigenvalue weighted by Gasteiger charge is -2.20. The first-order chi connectivity index (χ1) is 9.70. The Morgan fingerprint density at radius 2 is 2.50 bits per heavy atom. The summed E-state index contributed by atoms with van der Waals surface area (Å²) in [6, 6.07) is 0. The Labute approximate surface area is 123 Å². The van der Waals surface area contributed by atoms with Crippen molar-refractivity contribution in [1.29, 1.82) is 0 Å². The van der Waals surface area contributed by atoms with Crippen molar-refractivity contribution in [3.8, 4) is 0 Å². The highest BCUT2D eigenvalue weighted by Crippen LogP contribution is 2.28. The first kappa shape index (κ1) is 14.0. The SMILES string of the molecule is CN1CCc2nc(NC(=O)CC[C@H]3CCCO3)sc2C1. The lowest BCUT2D eigenvalue weighted by atomic mass is 10.1. The van der Waals surface area contributed by atoms with E-state index in [0.717, 1.165) is 56.2 Å². The van der Waals surface area contributed by atoms with Crippen LogP contribution in [0.15, 0.2) is 0 Å². The summed E-state index contributed by atoms with van der Waals surface area (Å²) >= 11 is 1.61. The fraction of sp³-hybridized carbons (Fsp3) is 0.714. The molecule has 0 saturated carbocycles. The maximum Gasteiger partial charge on any atom is 0.226 e. The molecule has 0 spiro atoms. The lowest BCUT2D eigenvalue weighted by molar-refractivity contribution is -0.116. The van der Waals surface area contributed by atoms with Crippen LogP contribution in [0.25, 0.3) is 0 Å². The summed E-state index contributed by atoms with van der Waals surface area (Å²) in [5.74, 6) is 0.0555. The normalized spacial score (nSPS) is 22.8. The molecule has 1 aromatic rings. The smallest absolute Gasteiger partial charge is 0.226 e. The Morgan fingerprint density at radius 3 is 3.30 bits per heavy atom. The van der Waals surface area contributed by atoms with Crippen molar-refractivity contribution in [2.75, 3.05) is 25.5 Å². The molecule has 1 atom stereocenters. The number of nitrogens with zero attached hydrogens (tertiary/aromatic N) is 2. The van der Waals surface area contributed by atoms with E-state index in [9.17, 15) is 4.79 Å². The number of aromatic nitrogens is 1. The largest absolute Gasteiger partial charge is 0.378 e. The van der Waals surface area contributed by atoms with Crippen LogP contribution in [0.3, 0.4) is 0 Å². The van der Waals surface area contributed by atoms with Gasteiger partial charge >= 0.3 is 0 Å². The second-order valence-electron chi connectivity index (χ2n) is 5.60. The van der Waals surface area contributed by atoms with Gasteiger partial charge in [-0.25, -0.2) is 4.98 Å². The molecule has 110 valence electrons. The zero-order valence-electron chi connectivity index (χ0n) is 11.9. The molecule has 3 heterocycles. The summed E-state index contributed by atoms with van der Waals surface area (Å²) in [6.07, 6.45) is 4.81. The van der Waals surface area contributed by atoms with Crippen LogP contribution in [-0.2, 0) is 22.5 Å². The van der Waals surface area contributed by atoms with Crippen molar-refractivity contribution in [3.05, 3.63) is 10.6 Å². The second-order valence-corrected chi connectivity index (χ2v) is 6.68. The van der Waals surface area contributed by atoms with E-state index in [0.29, 0.717) is 6.42 Å². The van der Waals surface area contributed by atoms with Gasteiger partial charge in [-0.2, -0.15) is 0 Å². The second kappa shape index (κ2) is 6.20. The minimum Gasteiger partial charge on any atom is -0.378 e. The number of ether oxygens (including phenoxy) is 1. The van der Waals surface area contributed by atoms with Gasteiger partial charge in [0.05, 0.1) is 11.8 Å². The van der Waals surface area contributed by atoms with E-state index in [1.165, 1.54) is 4.88 Å². The number of fused-ring (bicyclic) bond motifs is 1. The molecule has 1 aromatic heterocycles. The molecule has 6 heteroatoms. The van der Waals surface area contributed by atoms with E-state index in [1.807, 2.05) is 0 Å². The fourth-order valence-corrected chi connectivity index (χ4v) is 3.83. The van der Waals surface area contributed by atoms with Gasteiger partial charge in [-0.1, -0.05) is 0 Å². The number of likely N-dealkylation sites (N-methyl/N-ethyl adjacent to an activating group) is 1. The maximum atomic E-state index is 11.9. The van der Waals surface area contributed by atoms with Crippen LogP contribution in [-0.4, -0.2) is 42.1 Å². The van der Waals surface area contributed by atoms with E-state index in [4.69, 9.17) is 4.74 Å². The van der Waals surface area contributed by atoms with E-state index < -0.39 is 0 Å². The molecule has 2 aliphatic rings. The average molecular weight is 295 g/mol. The van der Waals surface area contributed by atoms with Gasteiger partial charge in [-0.3, -0.25) is 4.79 Å². The van der Waals surface area contributed by atoms with Crippen LogP contribution < -0.4 is 5.32 Å². The number of nitrogens with one attached hydrogen (secondary N) is 1. The highest BCUT2D eigenvalue weighted by Gasteiger charge is 2.20. The third-order valence-electron chi connectivity index (χ3n) is 3.89. The van der Waals surface area contributed by atoms with Crippen LogP contribution in [0.5, 0.6) is 0 Å². The molecular formula is C14H21N3O2S. The Bertz CT molecular complexity index is 483. The van der Waals surface area contributed by atoms with Crippen molar-refractivity contribution in [1.82, 2.24) is 9.88 Å². The van der Waals surface area contributed by atoms with E-state index in [2.05, 4.69) is 22.2 Å². The molecule has 0 aliphatic carbocycles. The molecule has 20 heavy (non-hydrogen) atoms. The number of rotatable bonds is 4. The standard InChI is InChI=1S/C14H21N3O2S/c1-17-7-6-11-12(9-17)20-14(15-11)16-13(18)5-4-10-3-2-8-19-10/h10H,2-9H2,1H3,(H,15,16,18)/t10-/m1/s1. The van der Waals surface area contributed by atoms with Gasteiger partial charge in [0.1, 0.15) is 0 Å². The predicted molar refractivity (Wildman–Crippen MR) is 79.0 cm³/mol. The Morgan fingerprint density at radius 1 is 1.60 bits per heavy atom. The van der Waals surface area contributed by atoms with Crippen LogP contribution >= 0.6 is 11.3 Å². The van der Waals surface area contributed by atoms with E-state index in [1.54, 1.807) is 11.3 Å². The van der Waals surface area contributed by atoms with Crippen molar-refractivity contribution in [2.24, 2.45) is 0 Å². The quantitative estimate of drug-likeness (QED) is 0.923. The van der Waals surface area contributed by atoms with E-state index >= 15 is 0 Å². The Balaban J connectivity index is 1.51. The topological polar surface area (TPSA) is 54.5 Å². The van der Waals surface area contributed by atoms with Crippen molar-refractivity contribution in [3.63, 3.8) is 0 Å². The highest BCUT2D eigenvalue weighted by molar-refractivity contribution is 7.15. The molecule has 1 fully saturated rings. The molecule has 5 nitrogen and oxygen atoms in total. The lowest BCUT2D eigenvalue weighted by Crippen LogP contribution is -2.25. The van der Waals surface area contributed by atoms with Gasteiger partial charge in [-0.15, -0.1) is 11.3 Å². The summed E-state index contributed by atoms with van der Waals surface area (Å²) in [5.41, 5.74) is 1.16. The summed E-state index contributed by atoms with van der Waals surface area (Å²) in [6.45, 7) is 2.83. The summed E-state index contributed by atoms with van der Waals surface area (Å²) in [4.78, 5) is 20.0. The van der Waals surface area contributed by atoms with Crippen LogP contribution in [0, 0.1) is 0 Å². The molecule has 1 saturated heterocycles. The molecule has 0 unspecified atom stereocenters. The third kappa shape index (κ3) is 3.37. The minimum absolute atomic E-state index is 0.0555. The van der Waals surface area contributed by atoms with Gasteiger partial charge in [0, 0.05) is 37.4 Å². The van der Waals surface area contributed by atoms with Crippen LogP contribution in [0.4, 0.5) is 5.13 Å². The maximum absolute atomic E-state index is 11.9. The first-order valence-corrected chi connectivity index (χ1v) is 8.11. The molecule has 0 radical (unpaired) electrons. The first-order valence-electron chi connectivity index (χ1n) is 7.29. The summed E-state index contributed by atoms with van der Waals surface area (Å²) < 4.78 is 5.53. The molecule has 3 rings (SSSR count). The molecule has 1 N–H and O–H groups in total. The zero-order valence-corrected chi connectivity index (χ0v) is 12.7. The fourth-order valence-electron chi connectivity index (χ4n) is 2.72. The number of anilines is 1. The zero-order chi connectivity index (χ0) is 13.9. The Kier molecular flexibility index (Phi) is 4.33. The van der Waals surface area contributed by atoms with Crippen LogP contribution in [0.2, 0.25) is 0 Å². The van der Waals surface area contributed by atoms with Gasteiger partial charge in [0.25, 0.3) is 0 Å². The molecule has 1 amide bonds. The number of carbonyl (C=O) groups excluding carboxylic acids is 1. The van der Waals surface area contributed by atoms with Gasteiger partial charge in [-0.05, 0) is 26.3 Å². The molecular weight excluding hydrogens is 274 g/mol. The van der Waals surface area contributed by atoms with Gasteiger partial charge < -0.3 is 15.0 Å². The van der Waals surface area contributed by atoms with Crippen LogP contribution in [0.1, 0.15) is 36.3 Å². The van der Waals surface area contributed by atoms with Crippen molar-refractivity contribution < 1.29 is 9.53 Å². The molecule has 0 bridgehead atoms. The average Bonchev–Trinajstić information content (AvgIpc) is 3.04. The highest BCUT2D eigenvalue weighted by atomic mass is 32.1. The monoisotopic (exact) mass is 295 g/mol. The number of hydrogen-bond donors (Lipinski definition) is 1. The van der Waals surface area contributed by atoms with Gasteiger partial charge in [0.15, 0.2) is 5.13 Å². The number of thiazole rings is 1. The van der Waals surface area contributed by atoms with Crippen molar-refractivity contribution in [2.45, 2.75) is 44.8 Å². The van der Waals surface area contributed by atoms with Gasteiger partial charge in [0.2, 0.25) is 5.91 Å².